The van der Waals surface area contributed by atoms with Crippen molar-refractivity contribution in [3.8, 4) is 0 Å². The summed E-state index contributed by atoms with van der Waals surface area (Å²) in [5.41, 5.74) is 3.82. The van der Waals surface area contributed by atoms with Gasteiger partial charge in [0.1, 0.15) is 0 Å². The molecular weight excluding hydrogens is 338 g/mol. The SMILES string of the molecule is Cn1ncc2c1CCCC2NCc1cc(Br)ccc1Cl. The second-order valence-electron chi connectivity index (χ2n) is 5.23. The highest BCUT2D eigenvalue weighted by atomic mass is 79.9. The smallest absolute Gasteiger partial charge is 0.0540 e. The molecule has 20 heavy (non-hydrogen) atoms. The third kappa shape index (κ3) is 2.78. The monoisotopic (exact) mass is 353 g/mol. The molecule has 0 fully saturated rings. The number of aromatic nitrogens is 2. The lowest BCUT2D eigenvalue weighted by atomic mass is 9.93. The van der Waals surface area contributed by atoms with E-state index in [0.29, 0.717) is 6.04 Å². The molecule has 0 saturated carbocycles. The Hall–Kier alpha value is -0.840. The van der Waals surface area contributed by atoms with Crippen molar-refractivity contribution >= 4 is 27.5 Å². The molecule has 0 radical (unpaired) electrons. The first-order chi connectivity index (χ1) is 9.65. The molecule has 5 heteroatoms. The van der Waals surface area contributed by atoms with E-state index in [4.69, 9.17) is 11.6 Å². The van der Waals surface area contributed by atoms with Crippen molar-refractivity contribution in [2.75, 3.05) is 0 Å². The summed E-state index contributed by atoms with van der Waals surface area (Å²) in [6.45, 7) is 0.775. The molecule has 3 rings (SSSR count). The lowest BCUT2D eigenvalue weighted by molar-refractivity contribution is 0.452. The van der Waals surface area contributed by atoms with E-state index in [2.05, 4.69) is 32.4 Å². The molecule has 1 aromatic carbocycles. The van der Waals surface area contributed by atoms with Crippen LogP contribution in [-0.2, 0) is 20.0 Å². The van der Waals surface area contributed by atoms with Crippen LogP contribution in [0.3, 0.4) is 0 Å². The van der Waals surface area contributed by atoms with Crippen molar-refractivity contribution in [3.63, 3.8) is 0 Å². The zero-order valence-corrected chi connectivity index (χ0v) is 13.7. The van der Waals surface area contributed by atoms with Crippen LogP contribution in [0.1, 0.15) is 35.7 Å². The van der Waals surface area contributed by atoms with Crippen LogP contribution in [0.15, 0.2) is 28.9 Å². The molecule has 2 aromatic rings. The number of benzene rings is 1. The van der Waals surface area contributed by atoms with Gasteiger partial charge < -0.3 is 5.32 Å². The maximum atomic E-state index is 6.24. The Morgan fingerprint density at radius 3 is 3.20 bits per heavy atom. The Morgan fingerprint density at radius 2 is 2.35 bits per heavy atom. The van der Waals surface area contributed by atoms with Gasteiger partial charge in [-0.2, -0.15) is 5.10 Å². The molecular formula is C15H17BrClN3. The van der Waals surface area contributed by atoms with E-state index in [-0.39, 0.29) is 0 Å². The van der Waals surface area contributed by atoms with Gasteiger partial charge in [0.05, 0.1) is 6.20 Å². The summed E-state index contributed by atoms with van der Waals surface area (Å²) in [5.74, 6) is 0. The van der Waals surface area contributed by atoms with Crippen LogP contribution >= 0.6 is 27.5 Å². The number of aryl methyl sites for hydroxylation is 1. The Labute approximate surface area is 132 Å². The summed E-state index contributed by atoms with van der Waals surface area (Å²) < 4.78 is 3.05. The minimum atomic E-state index is 0.377. The standard InChI is InChI=1S/C15H17BrClN3/c1-20-15-4-2-3-14(12(15)9-19-20)18-8-10-7-11(16)5-6-13(10)17/h5-7,9,14,18H,2-4,8H2,1H3. The predicted molar refractivity (Wildman–Crippen MR) is 84.9 cm³/mol. The number of nitrogens with zero attached hydrogens (tertiary/aromatic N) is 2. The van der Waals surface area contributed by atoms with E-state index in [0.717, 1.165) is 34.4 Å². The van der Waals surface area contributed by atoms with Gasteiger partial charge in [0.15, 0.2) is 0 Å². The van der Waals surface area contributed by atoms with Crippen molar-refractivity contribution in [2.45, 2.75) is 31.8 Å². The highest BCUT2D eigenvalue weighted by Gasteiger charge is 2.22. The Morgan fingerprint density at radius 1 is 1.50 bits per heavy atom. The zero-order chi connectivity index (χ0) is 14.1. The third-order valence-corrected chi connectivity index (χ3v) is 4.78. The highest BCUT2D eigenvalue weighted by Crippen LogP contribution is 2.30. The second-order valence-corrected chi connectivity index (χ2v) is 6.55. The summed E-state index contributed by atoms with van der Waals surface area (Å²) >= 11 is 9.73. The van der Waals surface area contributed by atoms with Crippen molar-refractivity contribution < 1.29 is 0 Å². The number of halogens is 2. The molecule has 1 unspecified atom stereocenters. The molecule has 0 saturated heterocycles. The van der Waals surface area contributed by atoms with E-state index in [1.807, 2.05) is 30.1 Å². The number of fused-ring (bicyclic) bond motifs is 1. The van der Waals surface area contributed by atoms with Crippen LogP contribution in [0.5, 0.6) is 0 Å². The van der Waals surface area contributed by atoms with Crippen LogP contribution in [0.25, 0.3) is 0 Å². The van der Waals surface area contributed by atoms with Gasteiger partial charge in [0, 0.05) is 40.4 Å². The van der Waals surface area contributed by atoms with Crippen LogP contribution in [-0.4, -0.2) is 9.78 Å². The number of nitrogens with one attached hydrogen (secondary N) is 1. The first-order valence-electron chi connectivity index (χ1n) is 6.83. The van der Waals surface area contributed by atoms with E-state index < -0.39 is 0 Å². The van der Waals surface area contributed by atoms with Gasteiger partial charge in [-0.25, -0.2) is 0 Å². The van der Waals surface area contributed by atoms with E-state index >= 15 is 0 Å². The molecule has 3 nitrogen and oxygen atoms in total. The zero-order valence-electron chi connectivity index (χ0n) is 11.4. The number of rotatable bonds is 3. The summed E-state index contributed by atoms with van der Waals surface area (Å²) in [5, 5.41) is 8.80. The molecule has 1 atom stereocenters. The predicted octanol–water partition coefficient (Wildman–Crippen LogP) is 4.00. The fraction of sp³-hybridized carbons (Fsp3) is 0.400. The summed E-state index contributed by atoms with van der Waals surface area (Å²) in [6.07, 6.45) is 5.48. The van der Waals surface area contributed by atoms with Crippen molar-refractivity contribution in [1.82, 2.24) is 15.1 Å². The Bertz CT molecular complexity index is 624. The molecule has 1 aliphatic rings. The van der Waals surface area contributed by atoms with Crippen LogP contribution < -0.4 is 5.32 Å². The molecule has 1 aromatic heterocycles. The van der Waals surface area contributed by atoms with Crippen LogP contribution in [0.2, 0.25) is 5.02 Å². The average molecular weight is 355 g/mol. The van der Waals surface area contributed by atoms with Gasteiger partial charge in [-0.15, -0.1) is 0 Å². The fourth-order valence-electron chi connectivity index (χ4n) is 2.83. The van der Waals surface area contributed by atoms with Gasteiger partial charge in [0.2, 0.25) is 0 Å². The van der Waals surface area contributed by atoms with Crippen molar-refractivity contribution in [1.29, 1.82) is 0 Å². The van der Waals surface area contributed by atoms with Gasteiger partial charge in [-0.3, -0.25) is 4.68 Å². The van der Waals surface area contributed by atoms with Gasteiger partial charge >= 0.3 is 0 Å². The maximum Gasteiger partial charge on any atom is 0.0540 e. The second kappa shape index (κ2) is 5.88. The number of hydrogen-bond donors (Lipinski definition) is 1. The van der Waals surface area contributed by atoms with E-state index in [1.165, 1.54) is 17.7 Å². The molecule has 106 valence electrons. The lowest BCUT2D eigenvalue weighted by Crippen LogP contribution is -2.25. The van der Waals surface area contributed by atoms with Crippen LogP contribution in [0.4, 0.5) is 0 Å². The highest BCUT2D eigenvalue weighted by molar-refractivity contribution is 9.10. The Balaban J connectivity index is 1.75. The molecule has 1 heterocycles. The summed E-state index contributed by atoms with van der Waals surface area (Å²) in [4.78, 5) is 0. The summed E-state index contributed by atoms with van der Waals surface area (Å²) in [7, 11) is 2.02. The molecule has 0 bridgehead atoms. The molecule has 0 aliphatic heterocycles. The quantitative estimate of drug-likeness (QED) is 0.903. The van der Waals surface area contributed by atoms with Crippen molar-refractivity contribution in [3.05, 3.63) is 50.7 Å². The lowest BCUT2D eigenvalue weighted by Gasteiger charge is -2.24. The van der Waals surface area contributed by atoms with Gasteiger partial charge in [0.25, 0.3) is 0 Å². The van der Waals surface area contributed by atoms with E-state index in [1.54, 1.807) is 0 Å². The molecule has 1 aliphatic carbocycles. The number of hydrogen-bond acceptors (Lipinski definition) is 2. The third-order valence-electron chi connectivity index (χ3n) is 3.92. The fourth-order valence-corrected chi connectivity index (χ4v) is 3.42. The van der Waals surface area contributed by atoms with Gasteiger partial charge in [-0.1, -0.05) is 27.5 Å². The minimum absolute atomic E-state index is 0.377. The van der Waals surface area contributed by atoms with Crippen LogP contribution in [0, 0.1) is 0 Å². The molecule has 0 spiro atoms. The molecule has 1 N–H and O–H groups in total. The van der Waals surface area contributed by atoms with Gasteiger partial charge in [-0.05, 0) is 43.0 Å². The maximum absolute atomic E-state index is 6.24. The largest absolute Gasteiger partial charge is 0.306 e. The topological polar surface area (TPSA) is 29.9 Å². The average Bonchev–Trinajstić information content (AvgIpc) is 2.82. The first kappa shape index (κ1) is 14.1. The molecule has 0 amide bonds. The summed E-state index contributed by atoms with van der Waals surface area (Å²) in [6, 6.07) is 6.34. The first-order valence-corrected chi connectivity index (χ1v) is 8.00. The van der Waals surface area contributed by atoms with Crippen molar-refractivity contribution in [2.24, 2.45) is 7.05 Å². The minimum Gasteiger partial charge on any atom is -0.306 e. The van der Waals surface area contributed by atoms with E-state index in [9.17, 15) is 0 Å². The normalized spacial score (nSPS) is 18.1. The Kier molecular flexibility index (Phi) is 4.15.